The fourth-order valence-electron chi connectivity index (χ4n) is 21.4. The topological polar surface area (TPSA) is 118 Å². The summed E-state index contributed by atoms with van der Waals surface area (Å²) >= 11 is 0. The molecular weight excluding hydrogens is 1480 g/mol. The number of halogens is 6. The van der Waals surface area contributed by atoms with Gasteiger partial charge in [-0.05, 0) is 288 Å². The number of phenolic OH excluding ortho intramolecular Hbond substituents is 1. The molecular formula is C94H117F6O9S3+3. The van der Waals surface area contributed by atoms with Gasteiger partial charge >= 0.3 is 17.9 Å². The van der Waals surface area contributed by atoms with Gasteiger partial charge in [0.15, 0.2) is 42.8 Å². The molecule has 7 aromatic rings. The molecule has 9 nitrogen and oxygen atoms in total. The SMILES string of the molecule is CC(OC(=O)C12CC3CC(CC(C3)C1)C2)C(C)(F)F.CC(OC(=O)C12CC3CC(CC(C3)C1)C2)C(C)(F)F.CC(OC(=O)C12CC3CC(CC(C3)C1)C2)C(C)(F)F.COCCOc1ccc([S+]2CCCC2)c2ccccc12.Oc1ccc([S+]2CCCC2)c2ccccc12.c1ccc([S+](c2ccccc2)c2ccccc2)cc1. The maximum absolute atomic E-state index is 13.2. The Morgan fingerprint density at radius 3 is 0.955 bits per heavy atom. The smallest absolute Gasteiger partial charge is 0.312 e. The molecule has 18 heteroatoms. The van der Waals surface area contributed by atoms with E-state index >= 15 is 0 Å². The first-order valence-electron chi connectivity index (χ1n) is 41.4. The summed E-state index contributed by atoms with van der Waals surface area (Å²) in [5, 5.41) is 14.7. The highest BCUT2D eigenvalue weighted by Gasteiger charge is 2.59. The number of carbonyl (C=O) groups excluding carboxylic acids is 3. The van der Waals surface area contributed by atoms with Gasteiger partial charge in [0.05, 0.1) is 33.7 Å². The molecule has 0 spiro atoms. The second-order valence-corrected chi connectivity index (χ2v) is 41.7. The van der Waals surface area contributed by atoms with Gasteiger partial charge in [0.25, 0.3) is 17.8 Å². The average Bonchev–Trinajstić information content (AvgIpc) is 0.857. The molecule has 0 aromatic heterocycles. The molecule has 14 fully saturated rings. The van der Waals surface area contributed by atoms with Crippen molar-refractivity contribution in [2.24, 2.45) is 69.5 Å². The molecule has 112 heavy (non-hydrogen) atoms. The van der Waals surface area contributed by atoms with Crippen molar-refractivity contribution in [3.63, 3.8) is 0 Å². The Morgan fingerprint density at radius 1 is 0.393 bits per heavy atom. The number of benzene rings is 7. The third-order valence-corrected chi connectivity index (χ3v) is 33.6. The van der Waals surface area contributed by atoms with Crippen molar-refractivity contribution >= 4 is 72.1 Å². The molecule has 0 amide bonds. The monoisotopic (exact) mass is 1600 g/mol. The number of phenols is 1. The molecule has 7 aromatic carbocycles. The first-order valence-corrected chi connectivity index (χ1v) is 45.8. The molecule has 0 radical (unpaired) electrons. The normalized spacial score (nSPS) is 28.5. The largest absolute Gasteiger partial charge is 0.507 e. The summed E-state index contributed by atoms with van der Waals surface area (Å²) in [5.74, 6) is 2.38. The Morgan fingerprint density at radius 2 is 0.661 bits per heavy atom. The van der Waals surface area contributed by atoms with Crippen LogP contribution in [0.1, 0.15) is 183 Å². The summed E-state index contributed by atoms with van der Waals surface area (Å²) in [4.78, 5) is 44.3. The second-order valence-electron chi connectivity index (χ2n) is 35.1. The number of carbonyl (C=O) groups is 3. The molecule has 12 bridgehead atoms. The van der Waals surface area contributed by atoms with E-state index in [-0.39, 0.29) is 28.8 Å². The molecule has 2 heterocycles. The molecule has 12 aliphatic carbocycles. The van der Waals surface area contributed by atoms with Crippen LogP contribution in [0, 0.1) is 69.5 Å². The fourth-order valence-corrected chi connectivity index (χ4v) is 28.5. The Kier molecular flexibility index (Phi) is 26.9. The standard InChI is InChI=1S/C18H15S.C17H21O2S.3C15H22F2O2.C14H14OS/c1-4-10-16(11-5-1)19(17-12-6-2-7-13-17)18-14-8-3-9-15-18;1-18-10-11-19-16-8-9-17(20-12-4-5-13-20)15-7-3-2-6-14(15)16;3*1-9(14(2,16)17)19-13(18)15-6-10-3-11(7-15)5-12(4-10)8-15;15-13-7-8-14(16-9-3-4-10-16)12-6-2-1-5-11(12)13/h1-15H;2-3,6-9H,4-5,10-13H2,1H3;3*9-12H,3-8H2,1-2H3;1-2,5-8H,3-4,9-10H2/q2*+1;;;;/p+1. The zero-order valence-electron chi connectivity index (χ0n) is 66.5. The van der Waals surface area contributed by atoms with Crippen LogP contribution in [-0.4, -0.2) is 102 Å². The number of rotatable bonds is 18. The van der Waals surface area contributed by atoms with Crippen LogP contribution in [0.4, 0.5) is 26.3 Å². The van der Waals surface area contributed by atoms with Crippen LogP contribution in [0.2, 0.25) is 0 Å². The van der Waals surface area contributed by atoms with Crippen molar-refractivity contribution in [1.29, 1.82) is 0 Å². The lowest BCUT2D eigenvalue weighted by molar-refractivity contribution is -0.192. The second kappa shape index (κ2) is 36.0. The minimum absolute atomic E-state index is 0.0146. The number of fused-ring (bicyclic) bond motifs is 2. The zero-order valence-corrected chi connectivity index (χ0v) is 69.0. The summed E-state index contributed by atoms with van der Waals surface area (Å²) in [6, 6.07) is 57.3. The van der Waals surface area contributed by atoms with Crippen LogP contribution in [0.3, 0.4) is 0 Å². The predicted octanol–water partition coefficient (Wildman–Crippen LogP) is 23.1. The van der Waals surface area contributed by atoms with E-state index in [1.165, 1.54) is 168 Å². The van der Waals surface area contributed by atoms with Crippen molar-refractivity contribution in [1.82, 2.24) is 0 Å². The van der Waals surface area contributed by atoms with Gasteiger partial charge in [-0.2, -0.15) is 0 Å². The lowest BCUT2D eigenvalue weighted by Crippen LogP contribution is -2.51. The van der Waals surface area contributed by atoms with Crippen LogP contribution in [0.25, 0.3) is 21.5 Å². The predicted molar refractivity (Wildman–Crippen MR) is 438 cm³/mol. The van der Waals surface area contributed by atoms with Gasteiger partial charge in [-0.15, -0.1) is 0 Å². The van der Waals surface area contributed by atoms with E-state index in [4.69, 9.17) is 23.7 Å². The molecule has 2 saturated heterocycles. The summed E-state index contributed by atoms with van der Waals surface area (Å²) in [6.45, 7) is 7.53. The van der Waals surface area contributed by atoms with Crippen LogP contribution in [0.5, 0.6) is 11.5 Å². The van der Waals surface area contributed by atoms with E-state index in [2.05, 4.69) is 146 Å². The number of hydrogen-bond acceptors (Lipinski definition) is 9. The van der Waals surface area contributed by atoms with Crippen LogP contribution in [-0.2, 0) is 66.0 Å². The van der Waals surface area contributed by atoms with Gasteiger partial charge in [0.1, 0.15) is 41.1 Å². The Bertz CT molecular complexity index is 3890. The van der Waals surface area contributed by atoms with Gasteiger partial charge in [0.2, 0.25) is 0 Å². The van der Waals surface area contributed by atoms with E-state index in [1.54, 1.807) is 7.11 Å². The van der Waals surface area contributed by atoms with Gasteiger partial charge in [-0.25, -0.2) is 26.3 Å². The van der Waals surface area contributed by atoms with E-state index in [1.807, 2.05) is 18.2 Å². The van der Waals surface area contributed by atoms with Gasteiger partial charge < -0.3 is 28.8 Å². The third kappa shape index (κ3) is 20.0. The van der Waals surface area contributed by atoms with E-state index < -0.39 is 52.3 Å². The minimum Gasteiger partial charge on any atom is -0.507 e. The molecule has 3 unspecified atom stereocenters. The molecule has 21 rings (SSSR count). The zero-order chi connectivity index (χ0) is 79.2. The highest BCUT2D eigenvalue weighted by Crippen LogP contribution is 2.63. The van der Waals surface area contributed by atoms with Gasteiger partial charge in [-0.3, -0.25) is 14.4 Å². The molecule has 1 N–H and O–H groups in total. The van der Waals surface area contributed by atoms with Crippen LogP contribution in [0.15, 0.2) is 188 Å². The molecule has 12 saturated carbocycles. The number of ether oxygens (including phenoxy) is 5. The number of esters is 3. The van der Waals surface area contributed by atoms with Gasteiger partial charge in [-0.1, -0.05) is 91.0 Å². The molecule has 3 atom stereocenters. The number of methoxy groups -OCH3 is 1. The van der Waals surface area contributed by atoms with Crippen molar-refractivity contribution in [3.8, 4) is 11.5 Å². The summed E-state index contributed by atoms with van der Waals surface area (Å²) < 4.78 is 105. The third-order valence-electron chi connectivity index (χ3n) is 26.3. The molecule has 14 aliphatic rings. The summed E-state index contributed by atoms with van der Waals surface area (Å²) in [6.07, 6.45) is 20.3. The van der Waals surface area contributed by atoms with Crippen molar-refractivity contribution in [2.45, 2.75) is 243 Å². The number of aromatic hydroxyl groups is 1. The lowest BCUT2D eigenvalue weighted by atomic mass is 9.49. The first kappa shape index (κ1) is 83.6. The first-order chi connectivity index (χ1) is 53.6. The van der Waals surface area contributed by atoms with Crippen molar-refractivity contribution < 1.29 is 69.5 Å². The summed E-state index contributed by atoms with van der Waals surface area (Å²) in [5.41, 5.74) is -1.31. The number of hydrogen-bond donors (Lipinski definition) is 1. The highest BCUT2D eigenvalue weighted by molar-refractivity contribution is 7.97. The summed E-state index contributed by atoms with van der Waals surface area (Å²) in [7, 11) is 2.54. The maximum Gasteiger partial charge on any atom is 0.312 e. The van der Waals surface area contributed by atoms with E-state index in [9.17, 15) is 45.8 Å². The van der Waals surface area contributed by atoms with Crippen molar-refractivity contribution in [3.05, 3.63) is 164 Å². The highest BCUT2D eigenvalue weighted by atomic mass is 32.2. The van der Waals surface area contributed by atoms with Crippen LogP contribution >= 0.6 is 0 Å². The van der Waals surface area contributed by atoms with E-state index in [0.717, 1.165) is 89.7 Å². The van der Waals surface area contributed by atoms with Crippen molar-refractivity contribution in [2.75, 3.05) is 43.3 Å². The maximum atomic E-state index is 13.2. The molecule has 604 valence electrons. The van der Waals surface area contributed by atoms with Gasteiger partial charge in [0, 0.05) is 71.2 Å². The Labute approximate surface area is 669 Å². The quantitative estimate of drug-likeness (QED) is 0.0295. The Hall–Kier alpha value is -6.34. The average molecular weight is 1600 g/mol. The molecule has 2 aliphatic heterocycles. The van der Waals surface area contributed by atoms with E-state index in [0.29, 0.717) is 94.0 Å². The minimum atomic E-state index is -2.96. The lowest BCUT2D eigenvalue weighted by Gasteiger charge is -2.55. The fraction of sp³-hybridized carbons (Fsp3) is 0.564. The van der Waals surface area contributed by atoms with Crippen LogP contribution < -0.4 is 4.74 Å². The number of alkyl halides is 6. The Balaban J connectivity index is 0.000000118.